The molecule has 0 saturated heterocycles. The first-order chi connectivity index (χ1) is 10.2. The van der Waals surface area contributed by atoms with Gasteiger partial charge in [0, 0.05) is 29.5 Å². The van der Waals surface area contributed by atoms with Gasteiger partial charge in [0.25, 0.3) is 0 Å². The molecule has 2 aromatic rings. The van der Waals surface area contributed by atoms with Gasteiger partial charge in [0.1, 0.15) is 0 Å². The van der Waals surface area contributed by atoms with Crippen LogP contribution in [0.1, 0.15) is 23.1 Å². The molecule has 0 radical (unpaired) electrons. The summed E-state index contributed by atoms with van der Waals surface area (Å²) in [5.74, 6) is 0. The molecule has 0 bridgehead atoms. The number of anilines is 2. The molecule has 2 aromatic carbocycles. The van der Waals surface area contributed by atoms with E-state index in [9.17, 15) is 0 Å². The Hall–Kier alpha value is -1.51. The average molecular weight is 301 g/mol. The molecule has 2 nitrogen and oxygen atoms in total. The fourth-order valence-corrected chi connectivity index (χ4v) is 3.27. The summed E-state index contributed by atoms with van der Waals surface area (Å²) in [6.07, 6.45) is 2.34. The number of nitrogens with one attached hydrogen (secondary N) is 1. The Balaban J connectivity index is 2.08. The quantitative estimate of drug-likeness (QED) is 0.901. The molecular weight excluding hydrogens is 280 g/mol. The zero-order valence-corrected chi connectivity index (χ0v) is 13.4. The lowest BCUT2D eigenvalue weighted by Gasteiger charge is -2.33. The van der Waals surface area contributed by atoms with E-state index in [0.29, 0.717) is 0 Å². The molecule has 1 aliphatic rings. The van der Waals surface area contributed by atoms with Crippen molar-refractivity contribution in [1.29, 1.82) is 0 Å². The number of halogens is 1. The largest absolute Gasteiger partial charge is 0.341 e. The lowest BCUT2D eigenvalue weighted by atomic mass is 9.98. The summed E-state index contributed by atoms with van der Waals surface area (Å²) in [5, 5.41) is 4.04. The molecule has 0 unspecified atom stereocenters. The maximum absolute atomic E-state index is 6.24. The van der Waals surface area contributed by atoms with Gasteiger partial charge in [-0.05, 0) is 56.1 Å². The summed E-state index contributed by atoms with van der Waals surface area (Å²) in [6, 6.07) is 12.9. The number of aryl methyl sites for hydroxylation is 2. The lowest BCUT2D eigenvalue weighted by Crippen LogP contribution is -2.26. The van der Waals surface area contributed by atoms with E-state index in [1.165, 1.54) is 34.5 Å². The van der Waals surface area contributed by atoms with E-state index in [1.54, 1.807) is 0 Å². The van der Waals surface area contributed by atoms with Crippen LogP contribution in [0.2, 0.25) is 5.02 Å². The molecule has 0 aliphatic carbocycles. The number of hydrogen-bond acceptors (Lipinski definition) is 2. The first kappa shape index (κ1) is 14.4. The fraction of sp³-hybridized carbons (Fsp3) is 0.333. The van der Waals surface area contributed by atoms with Gasteiger partial charge in [0.2, 0.25) is 0 Å². The van der Waals surface area contributed by atoms with Gasteiger partial charge in [-0.25, -0.2) is 0 Å². The molecule has 3 rings (SSSR count). The number of benzene rings is 2. The van der Waals surface area contributed by atoms with Crippen LogP contribution < -0.4 is 10.2 Å². The van der Waals surface area contributed by atoms with Crippen LogP contribution in [0.3, 0.4) is 0 Å². The van der Waals surface area contributed by atoms with Crippen molar-refractivity contribution in [1.82, 2.24) is 5.32 Å². The lowest BCUT2D eigenvalue weighted by molar-refractivity contribution is 0.754. The Bertz CT molecular complexity index is 652. The second-order valence-electron chi connectivity index (χ2n) is 5.69. The molecule has 3 heteroatoms. The van der Waals surface area contributed by atoms with Gasteiger partial charge < -0.3 is 10.2 Å². The Morgan fingerprint density at radius 1 is 1.14 bits per heavy atom. The number of nitrogens with zero attached hydrogens (tertiary/aromatic N) is 1. The third-order valence-corrected chi connectivity index (χ3v) is 4.29. The van der Waals surface area contributed by atoms with Gasteiger partial charge in [-0.15, -0.1) is 0 Å². The zero-order valence-electron chi connectivity index (χ0n) is 12.6. The molecule has 0 saturated carbocycles. The van der Waals surface area contributed by atoms with Crippen molar-refractivity contribution >= 4 is 23.0 Å². The van der Waals surface area contributed by atoms with Gasteiger partial charge in [0.05, 0.1) is 0 Å². The van der Waals surface area contributed by atoms with Crippen molar-refractivity contribution in [3.05, 3.63) is 58.1 Å². The standard InChI is InChI=1S/C18H21ClN2/c1-13-5-8-17-14(10-13)4-3-9-21(17)18-11-16(19)7-6-15(18)12-20-2/h5-8,10-11,20H,3-4,9,12H2,1-2H3. The number of rotatable bonds is 3. The van der Waals surface area contributed by atoms with Gasteiger partial charge in [-0.1, -0.05) is 35.4 Å². The molecule has 1 heterocycles. The molecule has 0 atom stereocenters. The highest BCUT2D eigenvalue weighted by molar-refractivity contribution is 6.30. The molecule has 0 spiro atoms. The first-order valence-corrected chi connectivity index (χ1v) is 7.87. The summed E-state index contributed by atoms with van der Waals surface area (Å²) in [4.78, 5) is 2.41. The molecule has 1 aliphatic heterocycles. The molecule has 0 aromatic heterocycles. The van der Waals surface area contributed by atoms with Crippen LogP contribution >= 0.6 is 11.6 Å². The third kappa shape index (κ3) is 2.92. The van der Waals surface area contributed by atoms with E-state index < -0.39 is 0 Å². The Morgan fingerprint density at radius 3 is 2.81 bits per heavy atom. The zero-order chi connectivity index (χ0) is 14.8. The third-order valence-electron chi connectivity index (χ3n) is 4.06. The van der Waals surface area contributed by atoms with Crippen molar-refractivity contribution in [3.8, 4) is 0 Å². The van der Waals surface area contributed by atoms with Crippen molar-refractivity contribution in [2.24, 2.45) is 0 Å². The Kier molecular flexibility index (Phi) is 4.18. The van der Waals surface area contributed by atoms with Crippen LogP contribution in [0.5, 0.6) is 0 Å². The second kappa shape index (κ2) is 6.08. The van der Waals surface area contributed by atoms with Crippen LogP contribution in [0.15, 0.2) is 36.4 Å². The highest BCUT2D eigenvalue weighted by Gasteiger charge is 2.20. The van der Waals surface area contributed by atoms with Crippen LogP contribution in [-0.2, 0) is 13.0 Å². The summed E-state index contributed by atoms with van der Waals surface area (Å²) >= 11 is 6.24. The van der Waals surface area contributed by atoms with Gasteiger partial charge >= 0.3 is 0 Å². The molecule has 0 amide bonds. The topological polar surface area (TPSA) is 15.3 Å². The van der Waals surface area contributed by atoms with Crippen LogP contribution in [-0.4, -0.2) is 13.6 Å². The SMILES string of the molecule is CNCc1ccc(Cl)cc1N1CCCc2cc(C)ccc21. The summed E-state index contributed by atoms with van der Waals surface area (Å²) < 4.78 is 0. The minimum absolute atomic E-state index is 0.795. The molecular formula is C18H21ClN2. The normalized spacial score (nSPS) is 14.1. The van der Waals surface area contributed by atoms with Crippen molar-refractivity contribution in [2.45, 2.75) is 26.3 Å². The monoisotopic (exact) mass is 300 g/mol. The predicted octanol–water partition coefficient (Wildman–Crippen LogP) is 4.45. The van der Waals surface area contributed by atoms with Gasteiger partial charge in [0.15, 0.2) is 0 Å². The van der Waals surface area contributed by atoms with E-state index >= 15 is 0 Å². The fourth-order valence-electron chi connectivity index (χ4n) is 3.10. The Labute approximate surface area is 131 Å². The van der Waals surface area contributed by atoms with Gasteiger partial charge in [-0.2, -0.15) is 0 Å². The van der Waals surface area contributed by atoms with E-state index in [-0.39, 0.29) is 0 Å². The first-order valence-electron chi connectivity index (χ1n) is 7.49. The molecule has 21 heavy (non-hydrogen) atoms. The second-order valence-corrected chi connectivity index (χ2v) is 6.13. The van der Waals surface area contributed by atoms with Crippen molar-refractivity contribution in [2.75, 3.05) is 18.5 Å². The van der Waals surface area contributed by atoms with E-state index in [4.69, 9.17) is 11.6 Å². The summed E-state index contributed by atoms with van der Waals surface area (Å²) in [5.41, 5.74) is 6.61. The minimum Gasteiger partial charge on any atom is -0.341 e. The van der Waals surface area contributed by atoms with Crippen LogP contribution in [0.25, 0.3) is 0 Å². The molecule has 0 fully saturated rings. The highest BCUT2D eigenvalue weighted by Crippen LogP contribution is 2.37. The number of fused-ring (bicyclic) bond motifs is 1. The van der Waals surface area contributed by atoms with Crippen LogP contribution in [0.4, 0.5) is 11.4 Å². The van der Waals surface area contributed by atoms with E-state index in [1.807, 2.05) is 13.1 Å². The van der Waals surface area contributed by atoms with E-state index in [2.05, 4.69) is 47.5 Å². The minimum atomic E-state index is 0.795. The Morgan fingerprint density at radius 2 is 2.00 bits per heavy atom. The predicted molar refractivity (Wildman–Crippen MR) is 90.7 cm³/mol. The molecule has 110 valence electrons. The van der Waals surface area contributed by atoms with Crippen molar-refractivity contribution in [3.63, 3.8) is 0 Å². The summed E-state index contributed by atoms with van der Waals surface area (Å²) in [6.45, 7) is 4.06. The highest BCUT2D eigenvalue weighted by atomic mass is 35.5. The maximum atomic E-state index is 6.24. The molecule has 1 N–H and O–H groups in total. The van der Waals surface area contributed by atoms with Crippen molar-refractivity contribution < 1.29 is 0 Å². The number of hydrogen-bond donors (Lipinski definition) is 1. The van der Waals surface area contributed by atoms with E-state index in [0.717, 1.165) is 24.5 Å². The van der Waals surface area contributed by atoms with Gasteiger partial charge in [-0.3, -0.25) is 0 Å². The smallest absolute Gasteiger partial charge is 0.0471 e. The maximum Gasteiger partial charge on any atom is 0.0471 e. The van der Waals surface area contributed by atoms with Crippen LogP contribution in [0, 0.1) is 6.92 Å². The average Bonchev–Trinajstić information content (AvgIpc) is 2.48. The summed E-state index contributed by atoms with van der Waals surface area (Å²) in [7, 11) is 1.98.